The van der Waals surface area contributed by atoms with Gasteiger partial charge < -0.3 is 15.2 Å². The lowest BCUT2D eigenvalue weighted by atomic mass is 10.1. The van der Waals surface area contributed by atoms with Crippen molar-refractivity contribution in [3.63, 3.8) is 0 Å². The summed E-state index contributed by atoms with van der Waals surface area (Å²) in [6, 6.07) is 10.1. The van der Waals surface area contributed by atoms with E-state index in [0.717, 1.165) is 5.56 Å². The van der Waals surface area contributed by atoms with E-state index >= 15 is 0 Å². The maximum absolute atomic E-state index is 10.9. The van der Waals surface area contributed by atoms with Gasteiger partial charge in [-0.1, -0.05) is 29.3 Å². The van der Waals surface area contributed by atoms with E-state index in [1.54, 1.807) is 25.3 Å². The second-order valence-corrected chi connectivity index (χ2v) is 5.09. The quantitative estimate of drug-likeness (QED) is 0.859. The van der Waals surface area contributed by atoms with Gasteiger partial charge in [-0.2, -0.15) is 0 Å². The molecule has 0 saturated heterocycles. The maximum Gasteiger partial charge on any atom is 0.337 e. The number of carboxylic acid groups (broad SMARTS) is 1. The third-order valence-electron chi connectivity index (χ3n) is 2.96. The van der Waals surface area contributed by atoms with Crippen LogP contribution in [0.15, 0.2) is 36.4 Å². The molecule has 0 radical (unpaired) electrons. The first-order valence-corrected chi connectivity index (χ1v) is 6.86. The van der Waals surface area contributed by atoms with E-state index in [4.69, 9.17) is 33.0 Å². The molecular formula is C15H13Cl2NO3. The zero-order valence-electron chi connectivity index (χ0n) is 11.2. The fourth-order valence-corrected chi connectivity index (χ4v) is 2.38. The Morgan fingerprint density at radius 1 is 1.24 bits per heavy atom. The first kappa shape index (κ1) is 15.5. The van der Waals surface area contributed by atoms with Crippen molar-refractivity contribution in [3.05, 3.63) is 57.6 Å². The van der Waals surface area contributed by atoms with E-state index in [1.165, 1.54) is 6.07 Å². The Bertz CT molecular complexity index is 674. The Morgan fingerprint density at radius 3 is 2.62 bits per heavy atom. The number of nitrogens with one attached hydrogen (secondary N) is 1. The first-order chi connectivity index (χ1) is 10.0. The molecule has 0 heterocycles. The lowest BCUT2D eigenvalue weighted by Crippen LogP contribution is -2.04. The van der Waals surface area contributed by atoms with Crippen molar-refractivity contribution in [2.24, 2.45) is 0 Å². The van der Waals surface area contributed by atoms with Gasteiger partial charge in [0, 0.05) is 22.8 Å². The van der Waals surface area contributed by atoms with Crippen molar-refractivity contribution in [3.8, 4) is 5.75 Å². The highest BCUT2D eigenvalue weighted by Crippen LogP contribution is 2.28. The lowest BCUT2D eigenvalue weighted by molar-refractivity contribution is 0.0697. The van der Waals surface area contributed by atoms with Crippen LogP contribution in [0.25, 0.3) is 0 Å². The molecule has 4 nitrogen and oxygen atoms in total. The highest BCUT2D eigenvalue weighted by atomic mass is 35.5. The standard InChI is InChI=1S/C15H13Cl2NO3/c1-21-14-4-2-3-12(16)11(14)8-18-9-5-6-10(15(19)20)13(17)7-9/h2-7,18H,8H2,1H3,(H,19,20). The Morgan fingerprint density at radius 2 is 2.00 bits per heavy atom. The second kappa shape index (κ2) is 6.70. The number of hydrogen-bond acceptors (Lipinski definition) is 3. The van der Waals surface area contributed by atoms with Crippen LogP contribution in [0, 0.1) is 0 Å². The fourth-order valence-electron chi connectivity index (χ4n) is 1.89. The predicted octanol–water partition coefficient (Wildman–Crippen LogP) is 4.31. The van der Waals surface area contributed by atoms with Crippen molar-refractivity contribution >= 4 is 34.9 Å². The molecule has 0 bridgehead atoms. The van der Waals surface area contributed by atoms with E-state index in [1.807, 2.05) is 12.1 Å². The number of methoxy groups -OCH3 is 1. The molecule has 110 valence electrons. The van der Waals surface area contributed by atoms with Crippen molar-refractivity contribution in [1.29, 1.82) is 0 Å². The van der Waals surface area contributed by atoms with E-state index in [-0.39, 0.29) is 10.6 Å². The minimum absolute atomic E-state index is 0.0672. The van der Waals surface area contributed by atoms with Crippen molar-refractivity contribution in [2.75, 3.05) is 12.4 Å². The molecule has 2 aromatic rings. The van der Waals surface area contributed by atoms with Crippen LogP contribution in [0.2, 0.25) is 10.0 Å². The van der Waals surface area contributed by atoms with Gasteiger partial charge in [0.15, 0.2) is 0 Å². The first-order valence-electron chi connectivity index (χ1n) is 6.11. The summed E-state index contributed by atoms with van der Waals surface area (Å²) in [6.07, 6.45) is 0. The Labute approximate surface area is 132 Å². The van der Waals surface area contributed by atoms with Gasteiger partial charge in [-0.25, -0.2) is 4.79 Å². The number of rotatable bonds is 5. The maximum atomic E-state index is 10.9. The molecule has 0 aromatic heterocycles. The average Bonchev–Trinajstić information content (AvgIpc) is 2.45. The summed E-state index contributed by atoms with van der Waals surface area (Å²) in [7, 11) is 1.58. The van der Waals surface area contributed by atoms with Gasteiger partial charge in [-0.3, -0.25) is 0 Å². The second-order valence-electron chi connectivity index (χ2n) is 4.27. The zero-order valence-corrected chi connectivity index (χ0v) is 12.7. The lowest BCUT2D eigenvalue weighted by Gasteiger charge is -2.12. The molecule has 0 fully saturated rings. The van der Waals surface area contributed by atoms with E-state index < -0.39 is 5.97 Å². The topological polar surface area (TPSA) is 58.6 Å². The highest BCUT2D eigenvalue weighted by molar-refractivity contribution is 6.33. The van der Waals surface area contributed by atoms with Crippen LogP contribution in [0.4, 0.5) is 5.69 Å². The normalized spacial score (nSPS) is 10.2. The number of benzene rings is 2. The summed E-state index contributed by atoms with van der Waals surface area (Å²) >= 11 is 12.1. The minimum atomic E-state index is -1.06. The van der Waals surface area contributed by atoms with Gasteiger partial charge in [0.2, 0.25) is 0 Å². The molecule has 2 aromatic carbocycles. The molecule has 2 rings (SSSR count). The van der Waals surface area contributed by atoms with Crippen molar-refractivity contribution in [1.82, 2.24) is 0 Å². The molecule has 21 heavy (non-hydrogen) atoms. The third kappa shape index (κ3) is 3.60. The summed E-state index contributed by atoms with van der Waals surface area (Å²) in [5.74, 6) is -0.373. The van der Waals surface area contributed by atoms with Crippen molar-refractivity contribution in [2.45, 2.75) is 6.54 Å². The van der Waals surface area contributed by atoms with E-state index in [9.17, 15) is 4.79 Å². The van der Waals surface area contributed by atoms with Crippen LogP contribution in [0.5, 0.6) is 5.75 Å². The molecule has 0 amide bonds. The number of ether oxygens (including phenoxy) is 1. The Hall–Kier alpha value is -1.91. The van der Waals surface area contributed by atoms with Gasteiger partial charge in [0.1, 0.15) is 5.75 Å². The molecule has 0 saturated carbocycles. The van der Waals surface area contributed by atoms with E-state index in [2.05, 4.69) is 5.32 Å². The summed E-state index contributed by atoms with van der Waals surface area (Å²) < 4.78 is 5.26. The summed E-state index contributed by atoms with van der Waals surface area (Å²) in [6.45, 7) is 0.436. The fraction of sp³-hybridized carbons (Fsp3) is 0.133. The van der Waals surface area contributed by atoms with Gasteiger partial charge in [0.25, 0.3) is 0 Å². The SMILES string of the molecule is COc1cccc(Cl)c1CNc1ccc(C(=O)O)c(Cl)c1. The minimum Gasteiger partial charge on any atom is -0.496 e. The van der Waals surface area contributed by atoms with Gasteiger partial charge >= 0.3 is 5.97 Å². The van der Waals surface area contributed by atoms with Crippen LogP contribution in [0.1, 0.15) is 15.9 Å². The molecular weight excluding hydrogens is 313 g/mol. The molecule has 6 heteroatoms. The monoisotopic (exact) mass is 325 g/mol. The van der Waals surface area contributed by atoms with Crippen LogP contribution in [-0.2, 0) is 6.54 Å². The number of aromatic carboxylic acids is 1. The van der Waals surface area contributed by atoms with Crippen LogP contribution >= 0.6 is 23.2 Å². The molecule has 0 aliphatic heterocycles. The van der Waals surface area contributed by atoms with Crippen LogP contribution in [0.3, 0.4) is 0 Å². The number of anilines is 1. The van der Waals surface area contributed by atoms with Gasteiger partial charge in [-0.05, 0) is 30.3 Å². The summed E-state index contributed by atoms with van der Waals surface area (Å²) in [5.41, 5.74) is 1.59. The summed E-state index contributed by atoms with van der Waals surface area (Å²) in [5, 5.41) is 12.8. The largest absolute Gasteiger partial charge is 0.496 e. The number of carboxylic acids is 1. The molecule has 0 spiro atoms. The molecule has 0 aliphatic rings. The van der Waals surface area contributed by atoms with Crippen LogP contribution in [-0.4, -0.2) is 18.2 Å². The van der Waals surface area contributed by atoms with Gasteiger partial charge in [0.05, 0.1) is 17.7 Å². The molecule has 0 aliphatic carbocycles. The average molecular weight is 326 g/mol. The Kier molecular flexibility index (Phi) is 4.94. The van der Waals surface area contributed by atoms with Gasteiger partial charge in [-0.15, -0.1) is 0 Å². The zero-order chi connectivity index (χ0) is 15.4. The third-order valence-corrected chi connectivity index (χ3v) is 3.63. The molecule has 2 N–H and O–H groups in total. The summed E-state index contributed by atoms with van der Waals surface area (Å²) in [4.78, 5) is 10.9. The Balaban J connectivity index is 2.17. The number of hydrogen-bond donors (Lipinski definition) is 2. The molecule has 0 unspecified atom stereocenters. The predicted molar refractivity (Wildman–Crippen MR) is 83.7 cm³/mol. The number of halogens is 2. The van der Waals surface area contributed by atoms with Crippen LogP contribution < -0.4 is 10.1 Å². The highest BCUT2D eigenvalue weighted by Gasteiger charge is 2.10. The van der Waals surface area contributed by atoms with E-state index in [0.29, 0.717) is 23.0 Å². The van der Waals surface area contributed by atoms with Crippen molar-refractivity contribution < 1.29 is 14.6 Å². The molecule has 0 atom stereocenters. The smallest absolute Gasteiger partial charge is 0.337 e. The number of carbonyl (C=O) groups is 1.